The van der Waals surface area contributed by atoms with Crippen molar-refractivity contribution in [2.45, 2.75) is 13.3 Å². The van der Waals surface area contributed by atoms with Gasteiger partial charge in [-0.2, -0.15) is 0 Å². The average Bonchev–Trinajstić information content (AvgIpc) is 2.33. The van der Waals surface area contributed by atoms with Gasteiger partial charge in [-0.25, -0.2) is 4.39 Å². The molecular weight excluding hydrogens is 245 g/mol. The summed E-state index contributed by atoms with van der Waals surface area (Å²) < 4.78 is 13.7. The summed E-state index contributed by atoms with van der Waals surface area (Å²) >= 11 is 0. The Morgan fingerprint density at radius 1 is 1.26 bits per heavy atom. The highest BCUT2D eigenvalue weighted by molar-refractivity contribution is 5.75. The summed E-state index contributed by atoms with van der Waals surface area (Å²) in [6, 6.07) is 12.1. The van der Waals surface area contributed by atoms with Crippen LogP contribution in [0.2, 0.25) is 0 Å². The van der Waals surface area contributed by atoms with Crippen molar-refractivity contribution in [3.63, 3.8) is 0 Å². The summed E-state index contributed by atoms with van der Waals surface area (Å²) in [6.07, 6.45) is -0.346. The Labute approximate surface area is 110 Å². The predicted molar refractivity (Wildman–Crippen MR) is 72.2 cm³/mol. The molecule has 98 valence electrons. The van der Waals surface area contributed by atoms with Crippen LogP contribution in [-0.4, -0.2) is 11.1 Å². The van der Waals surface area contributed by atoms with Gasteiger partial charge in [-0.3, -0.25) is 4.79 Å². The van der Waals surface area contributed by atoms with E-state index in [1.54, 1.807) is 12.1 Å². The number of aliphatic carboxylic acids is 1. The number of rotatable bonds is 4. The van der Waals surface area contributed by atoms with Crippen molar-refractivity contribution in [3.05, 3.63) is 59.4 Å². The Morgan fingerprint density at radius 2 is 2.00 bits per heavy atom. The molecule has 0 aliphatic heterocycles. The van der Waals surface area contributed by atoms with E-state index in [9.17, 15) is 9.18 Å². The van der Waals surface area contributed by atoms with E-state index in [4.69, 9.17) is 5.11 Å². The molecule has 0 bridgehead atoms. The lowest BCUT2D eigenvalue weighted by Gasteiger charge is -2.12. The molecule has 0 radical (unpaired) electrons. The number of carboxylic acid groups (broad SMARTS) is 1. The molecule has 0 aliphatic carbocycles. The number of hydrogen-bond acceptors (Lipinski definition) is 2. The van der Waals surface area contributed by atoms with Crippen LogP contribution in [0.5, 0.6) is 0 Å². The van der Waals surface area contributed by atoms with E-state index in [1.807, 2.05) is 31.2 Å². The van der Waals surface area contributed by atoms with E-state index >= 15 is 0 Å². The van der Waals surface area contributed by atoms with Crippen molar-refractivity contribution in [2.75, 3.05) is 5.32 Å². The number of halogens is 1. The van der Waals surface area contributed by atoms with E-state index in [0.29, 0.717) is 5.69 Å². The molecule has 0 spiro atoms. The molecule has 0 heterocycles. The molecule has 0 unspecified atom stereocenters. The molecule has 0 atom stereocenters. The van der Waals surface area contributed by atoms with Crippen LogP contribution in [-0.2, 0) is 11.2 Å². The van der Waals surface area contributed by atoms with Gasteiger partial charge in [0.25, 0.3) is 0 Å². The van der Waals surface area contributed by atoms with Gasteiger partial charge in [0.2, 0.25) is 0 Å². The van der Waals surface area contributed by atoms with Crippen molar-refractivity contribution in [2.24, 2.45) is 0 Å². The highest BCUT2D eigenvalue weighted by Gasteiger charge is 2.12. The largest absolute Gasteiger partial charge is 0.481 e. The first-order valence-corrected chi connectivity index (χ1v) is 5.89. The van der Waals surface area contributed by atoms with E-state index in [2.05, 4.69) is 5.32 Å². The number of benzene rings is 2. The number of hydrogen-bond donors (Lipinski definition) is 2. The first-order valence-electron chi connectivity index (χ1n) is 5.89. The smallest absolute Gasteiger partial charge is 0.308 e. The van der Waals surface area contributed by atoms with Gasteiger partial charge in [-0.15, -0.1) is 0 Å². The Bertz CT molecular complexity index is 611. The first-order chi connectivity index (χ1) is 9.06. The second kappa shape index (κ2) is 5.52. The van der Waals surface area contributed by atoms with E-state index in [0.717, 1.165) is 11.3 Å². The molecule has 2 aromatic carbocycles. The Balaban J connectivity index is 2.34. The monoisotopic (exact) mass is 259 g/mol. The third-order valence-electron chi connectivity index (χ3n) is 2.74. The molecule has 0 fully saturated rings. The Morgan fingerprint density at radius 3 is 2.68 bits per heavy atom. The minimum atomic E-state index is -1.06. The highest BCUT2D eigenvalue weighted by atomic mass is 19.1. The average molecular weight is 259 g/mol. The third kappa shape index (κ3) is 3.31. The molecule has 0 saturated carbocycles. The lowest BCUT2D eigenvalue weighted by molar-refractivity contribution is -0.136. The summed E-state index contributed by atoms with van der Waals surface area (Å²) in [5, 5.41) is 11.9. The molecule has 2 N–H and O–H groups in total. The van der Waals surface area contributed by atoms with Crippen molar-refractivity contribution >= 4 is 17.3 Å². The fourth-order valence-corrected chi connectivity index (χ4v) is 1.88. The van der Waals surface area contributed by atoms with Gasteiger partial charge in [0.1, 0.15) is 5.82 Å². The summed E-state index contributed by atoms with van der Waals surface area (Å²) in [5.41, 5.74) is 2.52. The fourth-order valence-electron chi connectivity index (χ4n) is 1.88. The minimum absolute atomic E-state index is 0.163. The maximum atomic E-state index is 13.7. The Kier molecular flexibility index (Phi) is 3.80. The highest BCUT2D eigenvalue weighted by Crippen LogP contribution is 2.24. The molecule has 0 amide bonds. The van der Waals surface area contributed by atoms with Gasteiger partial charge in [0, 0.05) is 16.9 Å². The molecule has 3 nitrogen and oxygen atoms in total. The maximum Gasteiger partial charge on any atom is 0.308 e. The Hall–Kier alpha value is -2.36. The van der Waals surface area contributed by atoms with Gasteiger partial charge in [-0.1, -0.05) is 18.2 Å². The molecule has 0 saturated heterocycles. The van der Waals surface area contributed by atoms with Gasteiger partial charge in [0.15, 0.2) is 0 Å². The molecule has 0 aromatic heterocycles. The summed E-state index contributed by atoms with van der Waals surface area (Å²) in [4.78, 5) is 10.8. The standard InChI is InChI=1S/C15H14FNO2/c1-10-4-2-5-11(8-10)17-14-7-3-6-13(16)12(14)9-15(18)19/h2-8,17H,9H2,1H3,(H,18,19). The summed E-state index contributed by atoms with van der Waals surface area (Å²) in [6.45, 7) is 1.95. The molecule has 19 heavy (non-hydrogen) atoms. The second-order valence-corrected chi connectivity index (χ2v) is 4.33. The van der Waals surface area contributed by atoms with Crippen molar-refractivity contribution in [3.8, 4) is 0 Å². The molecule has 2 aromatic rings. The third-order valence-corrected chi connectivity index (χ3v) is 2.74. The number of aryl methyl sites for hydroxylation is 1. The normalized spacial score (nSPS) is 10.2. The van der Waals surface area contributed by atoms with Crippen LogP contribution < -0.4 is 5.32 Å². The van der Waals surface area contributed by atoms with Crippen LogP contribution in [0.15, 0.2) is 42.5 Å². The van der Waals surface area contributed by atoms with Gasteiger partial charge in [0.05, 0.1) is 6.42 Å². The minimum Gasteiger partial charge on any atom is -0.481 e. The maximum absolute atomic E-state index is 13.7. The summed E-state index contributed by atoms with van der Waals surface area (Å²) in [7, 11) is 0. The van der Waals surface area contributed by atoms with Crippen LogP contribution >= 0.6 is 0 Å². The molecule has 0 aliphatic rings. The first kappa shape index (κ1) is 13.1. The lowest BCUT2D eigenvalue weighted by atomic mass is 10.1. The topological polar surface area (TPSA) is 49.3 Å². The van der Waals surface area contributed by atoms with Crippen LogP contribution in [0, 0.1) is 12.7 Å². The van der Waals surface area contributed by atoms with E-state index in [1.165, 1.54) is 6.07 Å². The van der Waals surface area contributed by atoms with Crippen molar-refractivity contribution in [1.29, 1.82) is 0 Å². The molecule has 2 rings (SSSR count). The van der Waals surface area contributed by atoms with Gasteiger partial charge >= 0.3 is 5.97 Å². The zero-order valence-electron chi connectivity index (χ0n) is 10.5. The summed E-state index contributed by atoms with van der Waals surface area (Å²) in [5.74, 6) is -1.57. The lowest BCUT2D eigenvalue weighted by Crippen LogP contribution is -2.06. The zero-order chi connectivity index (χ0) is 13.8. The van der Waals surface area contributed by atoms with Crippen LogP contribution in [0.4, 0.5) is 15.8 Å². The SMILES string of the molecule is Cc1cccc(Nc2cccc(F)c2CC(=O)O)c1. The predicted octanol–water partition coefficient (Wildman–Crippen LogP) is 3.50. The molecule has 4 heteroatoms. The number of anilines is 2. The van der Waals surface area contributed by atoms with Crippen LogP contribution in [0.3, 0.4) is 0 Å². The quantitative estimate of drug-likeness (QED) is 0.883. The number of carbonyl (C=O) groups is 1. The fraction of sp³-hybridized carbons (Fsp3) is 0.133. The number of carboxylic acids is 1. The zero-order valence-corrected chi connectivity index (χ0v) is 10.5. The van der Waals surface area contributed by atoms with Gasteiger partial charge in [-0.05, 0) is 36.8 Å². The van der Waals surface area contributed by atoms with Crippen LogP contribution in [0.1, 0.15) is 11.1 Å². The molecular formula is C15H14FNO2. The van der Waals surface area contributed by atoms with Crippen molar-refractivity contribution < 1.29 is 14.3 Å². The van der Waals surface area contributed by atoms with Crippen molar-refractivity contribution in [1.82, 2.24) is 0 Å². The second-order valence-electron chi connectivity index (χ2n) is 4.33. The van der Waals surface area contributed by atoms with Gasteiger partial charge < -0.3 is 10.4 Å². The van der Waals surface area contributed by atoms with E-state index < -0.39 is 11.8 Å². The van der Waals surface area contributed by atoms with Crippen LogP contribution in [0.25, 0.3) is 0 Å². The van der Waals surface area contributed by atoms with E-state index in [-0.39, 0.29) is 12.0 Å². The number of nitrogens with one attached hydrogen (secondary N) is 1.